The van der Waals surface area contributed by atoms with E-state index in [-0.39, 0.29) is 0 Å². The van der Waals surface area contributed by atoms with Crippen molar-refractivity contribution in [1.29, 1.82) is 0 Å². The predicted octanol–water partition coefficient (Wildman–Crippen LogP) is 5.41. The number of para-hydroxylation sites is 1. The average Bonchev–Trinajstić information content (AvgIpc) is 3.03. The smallest absolute Gasteiger partial charge is 0.248 e. The normalized spacial score (nSPS) is 11.8. The summed E-state index contributed by atoms with van der Waals surface area (Å²) in [7, 11) is 0. The first kappa shape index (κ1) is 16.3. The van der Waals surface area contributed by atoms with Gasteiger partial charge >= 0.3 is 6.18 Å². The quantitative estimate of drug-likeness (QED) is 0.482. The first-order valence-corrected chi connectivity index (χ1v) is 8.03. The van der Waals surface area contributed by atoms with Crippen LogP contribution in [0.1, 0.15) is 11.4 Å². The van der Waals surface area contributed by atoms with E-state index in [1.54, 1.807) is 31.2 Å². The fourth-order valence-corrected chi connectivity index (χ4v) is 2.97. The molecule has 2 heterocycles. The van der Waals surface area contributed by atoms with Crippen molar-refractivity contribution in [3.63, 3.8) is 0 Å². The Morgan fingerprint density at radius 1 is 0.885 bits per heavy atom. The minimum Gasteiger partial charge on any atom is -0.248 e. The molecule has 0 atom stereocenters. The Balaban J connectivity index is 2.04. The summed E-state index contributed by atoms with van der Waals surface area (Å²) in [5.41, 5.74) is 1.90. The zero-order chi connectivity index (χ0) is 18.3. The van der Waals surface area contributed by atoms with Gasteiger partial charge in [-0.1, -0.05) is 48.5 Å². The second-order valence-electron chi connectivity index (χ2n) is 5.99. The molecule has 2 aromatic carbocycles. The number of pyridine rings is 1. The molecule has 0 aliphatic heterocycles. The van der Waals surface area contributed by atoms with E-state index in [9.17, 15) is 13.2 Å². The number of rotatable bonds is 2. The second-order valence-corrected chi connectivity index (χ2v) is 5.99. The maximum Gasteiger partial charge on any atom is 0.433 e. The Morgan fingerprint density at radius 3 is 2.31 bits per heavy atom. The molecule has 0 radical (unpaired) electrons. The summed E-state index contributed by atoms with van der Waals surface area (Å²) in [6.45, 7) is 1.55. The number of alkyl halides is 3. The molecule has 130 valence electrons. The summed E-state index contributed by atoms with van der Waals surface area (Å²) < 4.78 is 41.4. The van der Waals surface area contributed by atoms with Crippen molar-refractivity contribution < 1.29 is 13.2 Å². The third-order valence-electron chi connectivity index (χ3n) is 4.11. The van der Waals surface area contributed by atoms with E-state index < -0.39 is 11.9 Å². The largest absolute Gasteiger partial charge is 0.433 e. The van der Waals surface area contributed by atoms with Crippen LogP contribution in [0.15, 0.2) is 66.7 Å². The van der Waals surface area contributed by atoms with Gasteiger partial charge in [-0.2, -0.15) is 18.3 Å². The van der Waals surface area contributed by atoms with Crippen LogP contribution in [0, 0.1) is 6.92 Å². The van der Waals surface area contributed by atoms with Crippen LogP contribution >= 0.6 is 0 Å². The van der Waals surface area contributed by atoms with Crippen molar-refractivity contribution in [3.05, 3.63) is 78.1 Å². The highest BCUT2D eigenvalue weighted by molar-refractivity contribution is 5.90. The number of aromatic nitrogens is 3. The molecule has 2 aromatic heterocycles. The third-order valence-corrected chi connectivity index (χ3v) is 4.11. The summed E-state index contributed by atoms with van der Waals surface area (Å²) in [4.78, 5) is 4.61. The Bertz CT molecular complexity index is 1080. The summed E-state index contributed by atoms with van der Waals surface area (Å²) >= 11 is 0. The highest BCUT2D eigenvalue weighted by atomic mass is 19.4. The molecule has 0 saturated carbocycles. The van der Waals surface area contributed by atoms with Gasteiger partial charge in [0.25, 0.3) is 0 Å². The van der Waals surface area contributed by atoms with Crippen LogP contribution in [0.25, 0.3) is 27.8 Å². The van der Waals surface area contributed by atoms with Crippen molar-refractivity contribution in [2.24, 2.45) is 0 Å². The predicted molar refractivity (Wildman–Crippen MR) is 94.0 cm³/mol. The lowest BCUT2D eigenvalue weighted by atomic mass is 10.1. The van der Waals surface area contributed by atoms with E-state index in [1.807, 2.05) is 36.4 Å². The van der Waals surface area contributed by atoms with Crippen LogP contribution in [-0.2, 0) is 6.18 Å². The molecule has 0 amide bonds. The molecule has 0 fully saturated rings. The van der Waals surface area contributed by atoms with Gasteiger partial charge in [0, 0.05) is 10.9 Å². The van der Waals surface area contributed by atoms with E-state index in [0.29, 0.717) is 28.0 Å². The van der Waals surface area contributed by atoms with E-state index in [0.717, 1.165) is 16.3 Å². The van der Waals surface area contributed by atoms with Crippen molar-refractivity contribution in [3.8, 4) is 16.9 Å². The zero-order valence-electron chi connectivity index (χ0n) is 13.8. The zero-order valence-corrected chi connectivity index (χ0v) is 13.8. The van der Waals surface area contributed by atoms with E-state index in [4.69, 9.17) is 0 Å². The maximum atomic E-state index is 13.5. The van der Waals surface area contributed by atoms with Gasteiger partial charge in [0.1, 0.15) is 5.69 Å². The second kappa shape index (κ2) is 5.98. The lowest BCUT2D eigenvalue weighted by molar-refractivity contribution is -0.142. The summed E-state index contributed by atoms with van der Waals surface area (Å²) in [5.74, 6) is 0. The van der Waals surface area contributed by atoms with Crippen molar-refractivity contribution in [1.82, 2.24) is 14.8 Å². The fraction of sp³-hybridized carbons (Fsp3) is 0.100. The average molecular weight is 353 g/mol. The fourth-order valence-electron chi connectivity index (χ4n) is 2.97. The molecule has 26 heavy (non-hydrogen) atoms. The van der Waals surface area contributed by atoms with E-state index in [2.05, 4.69) is 10.1 Å². The molecule has 0 unspecified atom stereocenters. The van der Waals surface area contributed by atoms with Crippen LogP contribution in [0.5, 0.6) is 0 Å². The number of halogens is 3. The molecule has 4 rings (SSSR count). The van der Waals surface area contributed by atoms with Gasteiger partial charge in [-0.25, -0.2) is 9.67 Å². The number of nitrogens with zero attached hydrogens (tertiary/aromatic N) is 3. The number of hydrogen-bond donors (Lipinski definition) is 0. The number of fused-ring (bicyclic) bond motifs is 1. The SMILES string of the molecule is Cc1cc(C(F)(F)F)n(-c2cc(-c3ccccc3)nc3ccccc23)n1. The third kappa shape index (κ3) is 2.83. The first-order valence-electron chi connectivity index (χ1n) is 8.03. The number of benzene rings is 2. The van der Waals surface area contributed by atoms with Crippen LogP contribution in [0.3, 0.4) is 0 Å². The summed E-state index contributed by atoms with van der Waals surface area (Å²) in [6.07, 6.45) is -4.50. The molecule has 0 saturated heterocycles. The minimum absolute atomic E-state index is 0.305. The monoisotopic (exact) mass is 353 g/mol. The maximum absolute atomic E-state index is 13.5. The van der Waals surface area contributed by atoms with E-state index >= 15 is 0 Å². The van der Waals surface area contributed by atoms with Gasteiger partial charge in [0.15, 0.2) is 0 Å². The van der Waals surface area contributed by atoms with Gasteiger partial charge in [-0.3, -0.25) is 0 Å². The standard InChI is InChI=1S/C20H14F3N3/c1-13-11-19(20(21,22)23)26(25-13)18-12-17(14-7-3-2-4-8-14)24-16-10-6-5-9-15(16)18/h2-12H,1H3. The van der Waals surface area contributed by atoms with Gasteiger partial charge in [-0.15, -0.1) is 0 Å². The van der Waals surface area contributed by atoms with Crippen LogP contribution < -0.4 is 0 Å². The number of hydrogen-bond acceptors (Lipinski definition) is 2. The lowest BCUT2D eigenvalue weighted by Gasteiger charge is -2.14. The molecule has 0 aliphatic rings. The molecule has 4 aromatic rings. The number of aryl methyl sites for hydroxylation is 1. The highest BCUT2D eigenvalue weighted by Crippen LogP contribution is 2.34. The van der Waals surface area contributed by atoms with Crippen molar-refractivity contribution in [2.45, 2.75) is 13.1 Å². The van der Waals surface area contributed by atoms with E-state index in [1.165, 1.54) is 0 Å². The van der Waals surface area contributed by atoms with Gasteiger partial charge < -0.3 is 0 Å². The Hall–Kier alpha value is -3.15. The summed E-state index contributed by atoms with van der Waals surface area (Å²) in [6, 6.07) is 19.2. The Labute approximate surface area is 147 Å². The molecule has 0 aliphatic carbocycles. The van der Waals surface area contributed by atoms with Gasteiger partial charge in [0.2, 0.25) is 0 Å². The summed E-state index contributed by atoms with van der Waals surface area (Å²) in [5, 5.41) is 4.71. The van der Waals surface area contributed by atoms with Crippen LogP contribution in [0.4, 0.5) is 13.2 Å². The Kier molecular flexibility index (Phi) is 3.76. The van der Waals surface area contributed by atoms with Gasteiger partial charge in [0.05, 0.1) is 22.6 Å². The minimum atomic E-state index is -4.50. The van der Waals surface area contributed by atoms with Gasteiger partial charge in [-0.05, 0) is 25.1 Å². The molecule has 3 nitrogen and oxygen atoms in total. The molecular formula is C20H14F3N3. The van der Waals surface area contributed by atoms with Crippen molar-refractivity contribution in [2.75, 3.05) is 0 Å². The molecule has 0 N–H and O–H groups in total. The first-order chi connectivity index (χ1) is 12.4. The Morgan fingerprint density at radius 2 is 1.58 bits per heavy atom. The van der Waals surface area contributed by atoms with Crippen molar-refractivity contribution >= 4 is 10.9 Å². The molecule has 0 spiro atoms. The molecule has 0 bridgehead atoms. The molecular weight excluding hydrogens is 339 g/mol. The molecule has 6 heteroatoms. The van der Waals surface area contributed by atoms with Crippen LogP contribution in [-0.4, -0.2) is 14.8 Å². The van der Waals surface area contributed by atoms with Crippen LogP contribution in [0.2, 0.25) is 0 Å². The lowest BCUT2D eigenvalue weighted by Crippen LogP contribution is -2.13. The topological polar surface area (TPSA) is 30.7 Å². The highest BCUT2D eigenvalue weighted by Gasteiger charge is 2.36.